The van der Waals surface area contributed by atoms with Gasteiger partial charge in [-0.3, -0.25) is 4.79 Å². The zero-order chi connectivity index (χ0) is 18.2. The number of benzene rings is 1. The molecule has 5 nitrogen and oxygen atoms in total. The number of piperidine rings is 1. The number of likely N-dealkylation sites (tertiary alicyclic amines) is 1. The maximum atomic E-state index is 12.4. The van der Waals surface area contributed by atoms with Gasteiger partial charge in [-0.05, 0) is 54.9 Å². The predicted molar refractivity (Wildman–Crippen MR) is 108 cm³/mol. The number of nitrogens with two attached hydrogens (primary N) is 1. The quantitative estimate of drug-likeness (QED) is 0.761. The number of nitrogens with one attached hydrogen (secondary N) is 1. The lowest BCUT2D eigenvalue weighted by molar-refractivity contribution is -0.121. The van der Waals surface area contributed by atoms with E-state index in [0.717, 1.165) is 43.3 Å². The van der Waals surface area contributed by atoms with Gasteiger partial charge in [-0.25, -0.2) is 0 Å². The predicted octanol–water partition coefficient (Wildman–Crippen LogP) is 2.04. The molecule has 1 aromatic rings. The summed E-state index contributed by atoms with van der Waals surface area (Å²) in [5.41, 5.74) is 6.44. The molecule has 0 bridgehead atoms. The van der Waals surface area contributed by atoms with Crippen molar-refractivity contribution in [1.82, 2.24) is 10.2 Å². The van der Waals surface area contributed by atoms with Crippen LogP contribution in [0.25, 0.3) is 0 Å². The van der Waals surface area contributed by atoms with Crippen molar-refractivity contribution in [2.45, 2.75) is 44.2 Å². The Balaban J connectivity index is 1.41. The average Bonchev–Trinajstić information content (AvgIpc) is 2.68. The summed E-state index contributed by atoms with van der Waals surface area (Å²) in [6.07, 6.45) is 5.18. The van der Waals surface area contributed by atoms with Gasteiger partial charge in [0, 0.05) is 31.7 Å². The van der Waals surface area contributed by atoms with Crippen LogP contribution in [0, 0.1) is 0 Å². The fraction of sp³-hybridized carbons (Fsp3) is 0.650. The van der Waals surface area contributed by atoms with E-state index in [-0.39, 0.29) is 5.91 Å². The van der Waals surface area contributed by atoms with E-state index in [1.807, 2.05) is 24.3 Å². The first-order chi connectivity index (χ1) is 12.7. The van der Waals surface area contributed by atoms with Gasteiger partial charge in [0.25, 0.3) is 0 Å². The van der Waals surface area contributed by atoms with Crippen molar-refractivity contribution < 1.29 is 9.53 Å². The van der Waals surface area contributed by atoms with Crippen molar-refractivity contribution in [1.29, 1.82) is 0 Å². The van der Waals surface area contributed by atoms with E-state index < -0.39 is 0 Å². The summed E-state index contributed by atoms with van der Waals surface area (Å²) >= 11 is 2.08. The fourth-order valence-corrected chi connectivity index (χ4v) is 4.93. The molecule has 0 unspecified atom stereocenters. The minimum absolute atomic E-state index is 0.105. The van der Waals surface area contributed by atoms with Crippen LogP contribution in [0.15, 0.2) is 24.3 Å². The Bertz CT molecular complexity index is 570. The third-order valence-electron chi connectivity index (χ3n) is 5.25. The molecule has 6 heteroatoms. The van der Waals surface area contributed by atoms with Crippen molar-refractivity contribution in [3.8, 4) is 5.75 Å². The number of ether oxygens (including phenoxy) is 1. The van der Waals surface area contributed by atoms with E-state index in [9.17, 15) is 4.79 Å². The molecule has 26 heavy (non-hydrogen) atoms. The van der Waals surface area contributed by atoms with Crippen molar-refractivity contribution in [3.05, 3.63) is 29.8 Å². The van der Waals surface area contributed by atoms with E-state index in [2.05, 4.69) is 22.0 Å². The van der Waals surface area contributed by atoms with Crippen LogP contribution in [0.2, 0.25) is 0 Å². The first kappa shape index (κ1) is 19.5. The van der Waals surface area contributed by atoms with Gasteiger partial charge < -0.3 is 20.7 Å². The summed E-state index contributed by atoms with van der Waals surface area (Å²) in [5, 5.41) is 3.22. The largest absolute Gasteiger partial charge is 0.492 e. The van der Waals surface area contributed by atoms with Gasteiger partial charge in [-0.15, -0.1) is 0 Å². The van der Waals surface area contributed by atoms with Crippen LogP contribution in [0.3, 0.4) is 0 Å². The Morgan fingerprint density at radius 1 is 1.23 bits per heavy atom. The van der Waals surface area contributed by atoms with E-state index in [1.165, 1.54) is 24.3 Å². The van der Waals surface area contributed by atoms with Crippen molar-refractivity contribution in [3.63, 3.8) is 0 Å². The molecule has 3 N–H and O–H groups in total. The van der Waals surface area contributed by atoms with Gasteiger partial charge in [-0.1, -0.05) is 12.1 Å². The Hall–Kier alpha value is -1.24. The third-order valence-corrected chi connectivity index (χ3v) is 6.30. The molecule has 3 rings (SSSR count). The third kappa shape index (κ3) is 5.89. The SMILES string of the molecule is NCCOc1cccc(CC(=O)NC2CCN(C3CCSCC3)CC2)c1. The number of amides is 1. The zero-order valence-electron chi connectivity index (χ0n) is 15.5. The number of rotatable bonds is 7. The molecule has 0 spiro atoms. The van der Waals surface area contributed by atoms with E-state index in [0.29, 0.717) is 25.6 Å². The number of hydrogen-bond donors (Lipinski definition) is 2. The molecule has 2 saturated heterocycles. The van der Waals surface area contributed by atoms with Crippen molar-refractivity contribution >= 4 is 17.7 Å². The Morgan fingerprint density at radius 2 is 2.00 bits per heavy atom. The van der Waals surface area contributed by atoms with Crippen LogP contribution >= 0.6 is 11.8 Å². The van der Waals surface area contributed by atoms with Gasteiger partial charge in [0.2, 0.25) is 5.91 Å². The number of nitrogens with zero attached hydrogens (tertiary/aromatic N) is 1. The molecule has 0 radical (unpaired) electrons. The molecular weight excluding hydrogens is 346 g/mol. The molecule has 0 aromatic heterocycles. The zero-order valence-corrected chi connectivity index (χ0v) is 16.3. The standard InChI is InChI=1S/C20H31N3O2S/c21-8-11-25-19-3-1-2-16(14-19)15-20(24)22-17-4-9-23(10-5-17)18-6-12-26-13-7-18/h1-3,14,17-18H,4-13,15,21H2,(H,22,24). The molecule has 0 saturated carbocycles. The van der Waals surface area contributed by atoms with E-state index in [4.69, 9.17) is 10.5 Å². The van der Waals surface area contributed by atoms with Crippen LogP contribution in [-0.4, -0.2) is 60.6 Å². The maximum absolute atomic E-state index is 12.4. The average molecular weight is 378 g/mol. The molecule has 2 aliphatic heterocycles. The van der Waals surface area contributed by atoms with Gasteiger partial charge in [-0.2, -0.15) is 11.8 Å². The highest BCUT2D eigenvalue weighted by atomic mass is 32.2. The lowest BCUT2D eigenvalue weighted by Crippen LogP contribution is -2.49. The number of hydrogen-bond acceptors (Lipinski definition) is 5. The molecule has 1 aromatic carbocycles. The molecule has 0 atom stereocenters. The number of thioether (sulfide) groups is 1. The van der Waals surface area contributed by atoms with Gasteiger partial charge in [0.05, 0.1) is 6.42 Å². The van der Waals surface area contributed by atoms with Crippen LogP contribution in [0.4, 0.5) is 0 Å². The van der Waals surface area contributed by atoms with E-state index >= 15 is 0 Å². The molecule has 144 valence electrons. The van der Waals surface area contributed by atoms with Crippen LogP contribution < -0.4 is 15.8 Å². The normalized spacial score (nSPS) is 20.0. The minimum atomic E-state index is 0.105. The smallest absolute Gasteiger partial charge is 0.224 e. The lowest BCUT2D eigenvalue weighted by atomic mass is 10.0. The molecule has 2 heterocycles. The maximum Gasteiger partial charge on any atom is 0.224 e. The van der Waals surface area contributed by atoms with Crippen molar-refractivity contribution in [2.24, 2.45) is 5.73 Å². The Kier molecular flexibility index (Phi) is 7.65. The molecule has 1 amide bonds. The summed E-state index contributed by atoms with van der Waals surface area (Å²) < 4.78 is 5.53. The lowest BCUT2D eigenvalue weighted by Gasteiger charge is -2.39. The number of carbonyl (C=O) groups is 1. The van der Waals surface area contributed by atoms with Crippen LogP contribution in [0.1, 0.15) is 31.2 Å². The second kappa shape index (κ2) is 10.2. The topological polar surface area (TPSA) is 67.6 Å². The minimum Gasteiger partial charge on any atom is -0.492 e. The second-order valence-corrected chi connectivity index (χ2v) is 8.41. The van der Waals surface area contributed by atoms with Gasteiger partial charge >= 0.3 is 0 Å². The fourth-order valence-electron chi connectivity index (χ4n) is 3.85. The first-order valence-corrected chi connectivity index (χ1v) is 10.9. The summed E-state index contributed by atoms with van der Waals surface area (Å²) in [6.45, 7) is 3.21. The first-order valence-electron chi connectivity index (χ1n) is 9.77. The molecule has 2 aliphatic rings. The molecule has 0 aliphatic carbocycles. The number of carbonyl (C=O) groups excluding carboxylic acids is 1. The summed E-state index contributed by atoms with van der Waals surface area (Å²) in [4.78, 5) is 15.0. The highest BCUT2D eigenvalue weighted by molar-refractivity contribution is 7.99. The van der Waals surface area contributed by atoms with Gasteiger partial charge in [0.1, 0.15) is 12.4 Å². The van der Waals surface area contributed by atoms with Crippen LogP contribution in [-0.2, 0) is 11.2 Å². The van der Waals surface area contributed by atoms with Crippen molar-refractivity contribution in [2.75, 3.05) is 37.7 Å². The Morgan fingerprint density at radius 3 is 2.73 bits per heavy atom. The molecule has 2 fully saturated rings. The van der Waals surface area contributed by atoms with E-state index in [1.54, 1.807) is 0 Å². The highest BCUT2D eigenvalue weighted by Crippen LogP contribution is 2.24. The summed E-state index contributed by atoms with van der Waals surface area (Å²) in [6, 6.07) is 8.81. The van der Waals surface area contributed by atoms with Crippen LogP contribution in [0.5, 0.6) is 5.75 Å². The summed E-state index contributed by atoms with van der Waals surface area (Å²) in [5.74, 6) is 3.48. The second-order valence-electron chi connectivity index (χ2n) is 7.18. The monoisotopic (exact) mass is 377 g/mol. The summed E-state index contributed by atoms with van der Waals surface area (Å²) in [7, 11) is 0. The van der Waals surface area contributed by atoms with Gasteiger partial charge in [0.15, 0.2) is 0 Å². The molecular formula is C20H31N3O2S. The highest BCUT2D eigenvalue weighted by Gasteiger charge is 2.26. The Labute approximate surface area is 161 Å².